The van der Waals surface area contributed by atoms with Crippen molar-refractivity contribution < 1.29 is 18.7 Å². The number of carbonyl (C=O) groups excluding carboxylic acids is 2. The Morgan fingerprint density at radius 3 is 2.76 bits per heavy atom. The predicted molar refractivity (Wildman–Crippen MR) is 131 cm³/mol. The van der Waals surface area contributed by atoms with E-state index in [9.17, 15) is 14.4 Å². The van der Waals surface area contributed by atoms with Gasteiger partial charge in [-0.25, -0.2) is 4.79 Å². The number of Topliss-reactive ketones (excluding diaryl/α,β-unsaturated/α-hetero) is 1. The first kappa shape index (κ1) is 22.3. The van der Waals surface area contributed by atoms with E-state index in [0.29, 0.717) is 35.1 Å². The number of hydrogen-bond acceptors (Lipinski definition) is 7. The second kappa shape index (κ2) is 8.72. The standard InChI is InChI=1S/C27H25NO5S/c1-4-32-27(31)23-15(3)28-19-11-16(22-6-5-9-34-22)12-20(29)25(19)24(23)18-13-33-21-8-7-14(2)10-17(21)26(18)30/h5-10,13,16,24,28H,4,11-12H2,1-3H3/t16-,24-/m0/s1. The molecule has 1 aliphatic carbocycles. The lowest BCUT2D eigenvalue weighted by molar-refractivity contribution is -0.138. The van der Waals surface area contributed by atoms with E-state index in [4.69, 9.17) is 9.15 Å². The number of thiophene rings is 1. The van der Waals surface area contributed by atoms with Crippen molar-refractivity contribution >= 4 is 34.1 Å². The molecule has 0 saturated carbocycles. The highest BCUT2D eigenvalue weighted by Gasteiger charge is 2.42. The van der Waals surface area contributed by atoms with E-state index >= 15 is 0 Å². The quantitative estimate of drug-likeness (QED) is 0.529. The van der Waals surface area contributed by atoms with Gasteiger partial charge in [0.2, 0.25) is 0 Å². The van der Waals surface area contributed by atoms with Gasteiger partial charge in [0.15, 0.2) is 11.2 Å². The summed E-state index contributed by atoms with van der Waals surface area (Å²) >= 11 is 1.63. The molecule has 3 heterocycles. The molecule has 0 saturated heterocycles. The number of dihydropyridines is 1. The third kappa shape index (κ3) is 3.70. The fourth-order valence-electron chi connectivity index (χ4n) is 5.01. The van der Waals surface area contributed by atoms with Gasteiger partial charge in [-0.2, -0.15) is 0 Å². The summed E-state index contributed by atoms with van der Waals surface area (Å²) in [6.07, 6.45) is 2.35. The molecule has 7 heteroatoms. The van der Waals surface area contributed by atoms with Gasteiger partial charge in [-0.3, -0.25) is 9.59 Å². The molecule has 1 aromatic carbocycles. The lowest BCUT2D eigenvalue weighted by Crippen LogP contribution is -2.37. The second-order valence-corrected chi connectivity index (χ2v) is 9.75. The average molecular weight is 476 g/mol. The first-order valence-corrected chi connectivity index (χ1v) is 12.2. The Hall–Kier alpha value is -3.45. The van der Waals surface area contributed by atoms with Crippen molar-refractivity contribution in [1.82, 2.24) is 5.32 Å². The Labute approximate surface area is 200 Å². The van der Waals surface area contributed by atoms with Crippen LogP contribution in [0.5, 0.6) is 0 Å². The van der Waals surface area contributed by atoms with Crippen molar-refractivity contribution in [3.05, 3.63) is 90.7 Å². The molecule has 5 rings (SSSR count). The molecule has 2 aromatic heterocycles. The molecular weight excluding hydrogens is 450 g/mol. The van der Waals surface area contributed by atoms with Crippen LogP contribution in [0.4, 0.5) is 0 Å². The summed E-state index contributed by atoms with van der Waals surface area (Å²) in [4.78, 5) is 41.5. The fourth-order valence-corrected chi connectivity index (χ4v) is 5.84. The Morgan fingerprint density at radius 2 is 2.03 bits per heavy atom. The molecule has 0 radical (unpaired) electrons. The van der Waals surface area contributed by atoms with E-state index in [2.05, 4.69) is 5.32 Å². The van der Waals surface area contributed by atoms with E-state index in [1.54, 1.807) is 37.3 Å². The SMILES string of the molecule is CCOC(=O)C1=C(C)NC2=C(C(=O)C[C@@H](c3cccs3)C2)[C@H]1c1coc2ccc(C)cc2c1=O. The number of aryl methyl sites for hydroxylation is 1. The van der Waals surface area contributed by atoms with Crippen molar-refractivity contribution in [3.8, 4) is 0 Å². The van der Waals surface area contributed by atoms with Crippen LogP contribution in [0.3, 0.4) is 0 Å². The lowest BCUT2D eigenvalue weighted by Gasteiger charge is -2.36. The van der Waals surface area contributed by atoms with Crippen LogP contribution in [0.15, 0.2) is 73.7 Å². The first-order chi connectivity index (χ1) is 16.4. The van der Waals surface area contributed by atoms with Crippen LogP contribution in [-0.2, 0) is 14.3 Å². The van der Waals surface area contributed by atoms with Crippen LogP contribution < -0.4 is 10.7 Å². The smallest absolute Gasteiger partial charge is 0.336 e. The molecule has 174 valence electrons. The van der Waals surface area contributed by atoms with Crippen LogP contribution >= 0.6 is 11.3 Å². The van der Waals surface area contributed by atoms with Crippen molar-refractivity contribution in [2.24, 2.45) is 0 Å². The van der Waals surface area contributed by atoms with E-state index in [1.165, 1.54) is 6.26 Å². The Kier molecular flexibility index (Phi) is 5.73. The zero-order valence-corrected chi connectivity index (χ0v) is 20.1. The third-order valence-corrected chi connectivity index (χ3v) is 7.57. The molecule has 3 aromatic rings. The fraction of sp³-hybridized carbons (Fsp3) is 0.296. The molecule has 0 unspecified atom stereocenters. The minimum Gasteiger partial charge on any atom is -0.464 e. The maximum atomic E-state index is 13.7. The van der Waals surface area contributed by atoms with E-state index in [1.807, 2.05) is 30.5 Å². The molecule has 0 spiro atoms. The summed E-state index contributed by atoms with van der Waals surface area (Å²) in [7, 11) is 0. The summed E-state index contributed by atoms with van der Waals surface area (Å²) in [6, 6.07) is 9.43. The highest BCUT2D eigenvalue weighted by molar-refractivity contribution is 7.10. The van der Waals surface area contributed by atoms with Crippen LogP contribution in [0.2, 0.25) is 0 Å². The third-order valence-electron chi connectivity index (χ3n) is 6.53. The van der Waals surface area contributed by atoms with Gasteiger partial charge in [0.1, 0.15) is 5.58 Å². The molecule has 34 heavy (non-hydrogen) atoms. The van der Waals surface area contributed by atoms with Crippen molar-refractivity contribution in [2.75, 3.05) is 6.61 Å². The van der Waals surface area contributed by atoms with Crippen LogP contribution in [0, 0.1) is 6.92 Å². The van der Waals surface area contributed by atoms with E-state index < -0.39 is 11.9 Å². The highest BCUT2D eigenvalue weighted by Crippen LogP contribution is 2.45. The van der Waals surface area contributed by atoms with Crippen molar-refractivity contribution in [1.29, 1.82) is 0 Å². The molecule has 6 nitrogen and oxygen atoms in total. The number of ketones is 1. The zero-order valence-electron chi connectivity index (χ0n) is 19.3. The molecule has 2 atom stereocenters. The largest absolute Gasteiger partial charge is 0.464 e. The van der Waals surface area contributed by atoms with Gasteiger partial charge in [-0.05, 0) is 50.8 Å². The Bertz CT molecular complexity index is 1430. The van der Waals surface area contributed by atoms with Gasteiger partial charge in [0.25, 0.3) is 0 Å². The second-order valence-electron chi connectivity index (χ2n) is 8.77. The van der Waals surface area contributed by atoms with E-state index in [-0.39, 0.29) is 34.9 Å². The molecule has 0 bridgehead atoms. The van der Waals surface area contributed by atoms with Crippen molar-refractivity contribution in [3.63, 3.8) is 0 Å². The van der Waals surface area contributed by atoms with Gasteiger partial charge in [0, 0.05) is 39.7 Å². The molecule has 1 N–H and O–H groups in total. The van der Waals surface area contributed by atoms with Gasteiger partial charge in [0.05, 0.1) is 29.7 Å². The van der Waals surface area contributed by atoms with Gasteiger partial charge < -0.3 is 14.5 Å². The Balaban J connectivity index is 1.70. The summed E-state index contributed by atoms with van der Waals surface area (Å²) < 4.78 is 11.2. The molecule has 1 aliphatic heterocycles. The number of carbonyl (C=O) groups is 2. The highest BCUT2D eigenvalue weighted by atomic mass is 32.1. The molecular formula is C27H25NO5S. The van der Waals surface area contributed by atoms with Gasteiger partial charge in [-0.15, -0.1) is 11.3 Å². The summed E-state index contributed by atoms with van der Waals surface area (Å²) in [5.41, 5.74) is 3.51. The topological polar surface area (TPSA) is 85.6 Å². The monoisotopic (exact) mass is 475 g/mol. The maximum absolute atomic E-state index is 13.7. The zero-order chi connectivity index (χ0) is 24.0. The van der Waals surface area contributed by atoms with Gasteiger partial charge in [-0.1, -0.05) is 17.7 Å². The normalized spacial score (nSPS) is 20.4. The number of fused-ring (bicyclic) bond motifs is 1. The van der Waals surface area contributed by atoms with Crippen LogP contribution in [0.1, 0.15) is 54.5 Å². The number of esters is 1. The number of ether oxygens (including phenoxy) is 1. The summed E-state index contributed by atoms with van der Waals surface area (Å²) in [6.45, 7) is 5.61. The average Bonchev–Trinajstić information content (AvgIpc) is 3.34. The summed E-state index contributed by atoms with van der Waals surface area (Å²) in [5, 5.41) is 5.74. The van der Waals surface area contributed by atoms with Crippen LogP contribution in [0.25, 0.3) is 11.0 Å². The molecule has 0 fully saturated rings. The minimum absolute atomic E-state index is 0.0620. The number of benzene rings is 1. The number of hydrogen-bond donors (Lipinski definition) is 1. The Morgan fingerprint density at radius 1 is 1.21 bits per heavy atom. The molecule has 0 amide bonds. The van der Waals surface area contributed by atoms with E-state index in [0.717, 1.165) is 16.1 Å². The minimum atomic E-state index is -0.840. The van der Waals surface area contributed by atoms with Crippen molar-refractivity contribution in [2.45, 2.75) is 45.4 Å². The number of allylic oxidation sites excluding steroid dienone is 3. The number of nitrogens with one attached hydrogen (secondary N) is 1. The maximum Gasteiger partial charge on any atom is 0.336 e. The first-order valence-electron chi connectivity index (χ1n) is 11.4. The number of rotatable bonds is 4. The van der Waals surface area contributed by atoms with Gasteiger partial charge >= 0.3 is 5.97 Å². The lowest BCUT2D eigenvalue weighted by atomic mass is 9.73. The predicted octanol–water partition coefficient (Wildman–Crippen LogP) is 5.09. The molecule has 2 aliphatic rings. The van der Waals surface area contributed by atoms with Crippen LogP contribution in [-0.4, -0.2) is 18.4 Å². The summed E-state index contributed by atoms with van der Waals surface area (Å²) in [5.74, 6) is -1.39.